The first-order chi connectivity index (χ1) is 22.9. The number of anilines is 1. The standard InChI is InChI=1S/C39H33BrN2O4S/c1-26-9-15-32(16-10-26)41-39-42(33-17-11-27(2)12-18-33)38(43)37(47-39)23-30-22-31(40)14-20-34(30)45-25-29-13-19-35(36(21-29)44-3)46-24-28-7-5-4-6-8-28/h4-23H,24-25H2,1-3H3/b37-23+,41-39?. The van der Waals surface area contributed by atoms with E-state index in [2.05, 4.69) is 15.9 Å². The van der Waals surface area contributed by atoms with Crippen LogP contribution in [0.4, 0.5) is 11.4 Å². The van der Waals surface area contributed by atoms with Gasteiger partial charge in [0, 0.05) is 10.0 Å². The van der Waals surface area contributed by atoms with Crippen molar-refractivity contribution >= 4 is 56.2 Å². The summed E-state index contributed by atoms with van der Waals surface area (Å²) in [6, 6.07) is 37.4. The number of carbonyl (C=O) groups excluding carboxylic acids is 1. The average molecular weight is 706 g/mol. The lowest BCUT2D eigenvalue weighted by Gasteiger charge is -2.16. The SMILES string of the molecule is COc1cc(COc2ccc(Br)cc2/C=C2/SC(=Nc3ccc(C)cc3)N(c3ccc(C)cc3)C2=O)ccc1OCc1ccccc1. The molecule has 236 valence electrons. The fraction of sp³-hybridized carbons (Fsp3) is 0.128. The molecule has 8 heteroatoms. The zero-order valence-corrected chi connectivity index (χ0v) is 28.7. The molecule has 1 heterocycles. The van der Waals surface area contributed by atoms with E-state index in [1.807, 2.05) is 135 Å². The Morgan fingerprint density at radius 2 is 1.40 bits per heavy atom. The second kappa shape index (κ2) is 14.8. The smallest absolute Gasteiger partial charge is 0.271 e. The van der Waals surface area contributed by atoms with Crippen molar-refractivity contribution in [3.8, 4) is 17.2 Å². The van der Waals surface area contributed by atoms with Crippen molar-refractivity contribution in [2.75, 3.05) is 12.0 Å². The van der Waals surface area contributed by atoms with Gasteiger partial charge < -0.3 is 14.2 Å². The minimum absolute atomic E-state index is 0.147. The van der Waals surface area contributed by atoms with Crippen molar-refractivity contribution in [3.05, 3.63) is 152 Å². The Labute approximate surface area is 287 Å². The molecule has 5 aromatic carbocycles. The van der Waals surface area contributed by atoms with Crippen LogP contribution in [-0.4, -0.2) is 18.2 Å². The monoisotopic (exact) mass is 704 g/mol. The van der Waals surface area contributed by atoms with Crippen LogP contribution in [0.1, 0.15) is 27.8 Å². The molecule has 1 aliphatic rings. The Kier molecular flexibility index (Phi) is 10.1. The van der Waals surface area contributed by atoms with Gasteiger partial charge in [-0.1, -0.05) is 87.7 Å². The molecule has 0 radical (unpaired) electrons. The number of methoxy groups -OCH3 is 1. The number of halogens is 1. The van der Waals surface area contributed by atoms with Crippen LogP contribution in [0.25, 0.3) is 6.08 Å². The number of thioether (sulfide) groups is 1. The molecule has 0 aliphatic carbocycles. The summed E-state index contributed by atoms with van der Waals surface area (Å²) in [6.45, 7) is 4.80. The van der Waals surface area contributed by atoms with Crippen LogP contribution >= 0.6 is 27.7 Å². The minimum Gasteiger partial charge on any atom is -0.493 e. The van der Waals surface area contributed by atoms with Gasteiger partial charge in [0.05, 0.1) is 23.4 Å². The summed E-state index contributed by atoms with van der Waals surface area (Å²) < 4.78 is 18.8. The zero-order valence-electron chi connectivity index (χ0n) is 26.3. The summed E-state index contributed by atoms with van der Waals surface area (Å²) in [6.07, 6.45) is 1.87. The Balaban J connectivity index is 1.25. The molecule has 47 heavy (non-hydrogen) atoms. The number of rotatable bonds is 10. The van der Waals surface area contributed by atoms with E-state index in [4.69, 9.17) is 19.2 Å². The number of ether oxygens (including phenoxy) is 3. The van der Waals surface area contributed by atoms with Gasteiger partial charge >= 0.3 is 0 Å². The van der Waals surface area contributed by atoms with E-state index in [9.17, 15) is 4.79 Å². The number of aryl methyl sites for hydroxylation is 2. The minimum atomic E-state index is -0.147. The highest BCUT2D eigenvalue weighted by atomic mass is 79.9. The van der Waals surface area contributed by atoms with E-state index >= 15 is 0 Å². The molecule has 0 spiro atoms. The van der Waals surface area contributed by atoms with Crippen LogP contribution in [-0.2, 0) is 18.0 Å². The van der Waals surface area contributed by atoms with Gasteiger partial charge in [-0.05, 0) is 97.4 Å². The van der Waals surface area contributed by atoms with Gasteiger partial charge in [0.2, 0.25) is 0 Å². The molecule has 1 aliphatic heterocycles. The van der Waals surface area contributed by atoms with Gasteiger partial charge in [0.25, 0.3) is 5.91 Å². The van der Waals surface area contributed by atoms with Gasteiger partial charge in [0.15, 0.2) is 16.7 Å². The third kappa shape index (κ3) is 7.96. The van der Waals surface area contributed by atoms with Crippen LogP contribution in [0.5, 0.6) is 17.2 Å². The third-order valence-electron chi connectivity index (χ3n) is 7.48. The molecule has 0 bridgehead atoms. The molecule has 1 fully saturated rings. The summed E-state index contributed by atoms with van der Waals surface area (Å²) in [5, 5.41) is 0.591. The maximum absolute atomic E-state index is 13.9. The summed E-state index contributed by atoms with van der Waals surface area (Å²) in [5.74, 6) is 1.78. The van der Waals surface area contributed by atoms with Crippen molar-refractivity contribution in [3.63, 3.8) is 0 Å². The normalized spacial score (nSPS) is 14.6. The number of hydrogen-bond donors (Lipinski definition) is 0. The Hall–Kier alpha value is -4.79. The maximum Gasteiger partial charge on any atom is 0.271 e. The third-order valence-corrected chi connectivity index (χ3v) is 8.94. The first-order valence-electron chi connectivity index (χ1n) is 15.1. The van der Waals surface area contributed by atoms with Gasteiger partial charge in [-0.3, -0.25) is 9.69 Å². The molecule has 0 N–H and O–H groups in total. The van der Waals surface area contributed by atoms with Crippen molar-refractivity contribution in [2.45, 2.75) is 27.1 Å². The quantitative estimate of drug-likeness (QED) is 0.135. The first-order valence-corrected chi connectivity index (χ1v) is 16.7. The number of nitrogens with zero attached hydrogens (tertiary/aromatic N) is 2. The predicted molar refractivity (Wildman–Crippen MR) is 195 cm³/mol. The number of amidine groups is 1. The van der Waals surface area contributed by atoms with Crippen LogP contribution < -0.4 is 19.1 Å². The summed E-state index contributed by atoms with van der Waals surface area (Å²) in [7, 11) is 1.63. The summed E-state index contributed by atoms with van der Waals surface area (Å²) in [5.41, 5.74) is 6.57. The predicted octanol–water partition coefficient (Wildman–Crippen LogP) is 10.0. The number of aliphatic imine (C=N–C) groups is 1. The molecule has 0 aromatic heterocycles. The van der Waals surface area contributed by atoms with Crippen LogP contribution in [0.15, 0.2) is 130 Å². The lowest BCUT2D eigenvalue weighted by atomic mass is 10.1. The molecule has 0 atom stereocenters. The van der Waals surface area contributed by atoms with Gasteiger partial charge in [-0.25, -0.2) is 4.99 Å². The highest BCUT2D eigenvalue weighted by Gasteiger charge is 2.35. The largest absolute Gasteiger partial charge is 0.493 e. The first kappa shape index (κ1) is 32.2. The highest BCUT2D eigenvalue weighted by Crippen LogP contribution is 2.39. The van der Waals surface area contributed by atoms with E-state index in [-0.39, 0.29) is 5.91 Å². The Morgan fingerprint density at radius 3 is 2.13 bits per heavy atom. The lowest BCUT2D eigenvalue weighted by molar-refractivity contribution is -0.113. The molecule has 0 saturated carbocycles. The Morgan fingerprint density at radius 1 is 0.745 bits per heavy atom. The molecule has 6 nitrogen and oxygen atoms in total. The molecule has 5 aromatic rings. The molecule has 1 saturated heterocycles. The van der Waals surface area contributed by atoms with E-state index in [1.165, 1.54) is 11.8 Å². The second-order valence-electron chi connectivity index (χ2n) is 11.0. The zero-order chi connectivity index (χ0) is 32.8. The fourth-order valence-corrected chi connectivity index (χ4v) is 6.29. The molecular formula is C39H33BrN2O4S. The maximum atomic E-state index is 13.9. The van der Waals surface area contributed by atoms with E-state index < -0.39 is 0 Å². The topological polar surface area (TPSA) is 60.4 Å². The van der Waals surface area contributed by atoms with Crippen molar-refractivity contribution in [2.24, 2.45) is 4.99 Å². The van der Waals surface area contributed by atoms with Crippen LogP contribution in [0, 0.1) is 13.8 Å². The Bertz CT molecular complexity index is 1940. The number of carbonyl (C=O) groups is 1. The van der Waals surface area contributed by atoms with E-state index in [0.717, 1.165) is 43.7 Å². The van der Waals surface area contributed by atoms with Gasteiger partial charge in [-0.15, -0.1) is 0 Å². The number of hydrogen-bond acceptors (Lipinski definition) is 6. The number of benzene rings is 5. The van der Waals surface area contributed by atoms with Crippen LogP contribution in [0.3, 0.4) is 0 Å². The number of amides is 1. The van der Waals surface area contributed by atoms with Gasteiger partial charge in [-0.2, -0.15) is 0 Å². The average Bonchev–Trinajstić information content (AvgIpc) is 3.38. The molecule has 0 unspecified atom stereocenters. The van der Waals surface area contributed by atoms with Gasteiger partial charge in [0.1, 0.15) is 19.0 Å². The molecule has 1 amide bonds. The summed E-state index contributed by atoms with van der Waals surface area (Å²) >= 11 is 4.94. The molecular weight excluding hydrogens is 672 g/mol. The fourth-order valence-electron chi connectivity index (χ4n) is 4.92. The van der Waals surface area contributed by atoms with Crippen molar-refractivity contribution in [1.82, 2.24) is 0 Å². The lowest BCUT2D eigenvalue weighted by Crippen LogP contribution is -2.28. The van der Waals surface area contributed by atoms with Crippen molar-refractivity contribution < 1.29 is 19.0 Å². The van der Waals surface area contributed by atoms with E-state index in [0.29, 0.717) is 40.5 Å². The molecule has 6 rings (SSSR count). The van der Waals surface area contributed by atoms with Crippen molar-refractivity contribution in [1.29, 1.82) is 0 Å². The van der Waals surface area contributed by atoms with E-state index in [1.54, 1.807) is 12.0 Å². The van der Waals surface area contributed by atoms with Crippen LogP contribution in [0.2, 0.25) is 0 Å². The summed E-state index contributed by atoms with van der Waals surface area (Å²) in [4.78, 5) is 21.0. The second-order valence-corrected chi connectivity index (χ2v) is 13.0. The highest BCUT2D eigenvalue weighted by molar-refractivity contribution is 9.10.